The summed E-state index contributed by atoms with van der Waals surface area (Å²) in [5, 5.41) is 10.9. The zero-order valence-electron chi connectivity index (χ0n) is 12.4. The SMILES string of the molecule is COC(=O)[C@]1(O)C[C@@H](c2ccc(Br)cc2)[C@@H]2CCC[C@H]1C2=O. The lowest BCUT2D eigenvalue weighted by atomic mass is 9.58. The van der Waals surface area contributed by atoms with Gasteiger partial charge in [0.2, 0.25) is 0 Å². The number of hydrogen-bond donors (Lipinski definition) is 1. The zero-order chi connectivity index (χ0) is 15.9. The number of fused-ring (bicyclic) bond motifs is 2. The van der Waals surface area contributed by atoms with Gasteiger partial charge >= 0.3 is 5.97 Å². The van der Waals surface area contributed by atoms with Gasteiger partial charge in [-0.2, -0.15) is 0 Å². The number of methoxy groups -OCH3 is 1. The number of aliphatic hydroxyl groups is 1. The number of ether oxygens (including phenoxy) is 1. The van der Waals surface area contributed by atoms with E-state index in [0.29, 0.717) is 6.42 Å². The van der Waals surface area contributed by atoms with Crippen LogP contribution in [0.5, 0.6) is 0 Å². The molecule has 2 aliphatic carbocycles. The molecule has 0 unspecified atom stereocenters. The largest absolute Gasteiger partial charge is 0.467 e. The van der Waals surface area contributed by atoms with Crippen molar-refractivity contribution in [2.45, 2.75) is 37.2 Å². The maximum absolute atomic E-state index is 12.7. The van der Waals surface area contributed by atoms with Gasteiger partial charge in [0, 0.05) is 10.4 Å². The molecule has 0 amide bonds. The van der Waals surface area contributed by atoms with Crippen molar-refractivity contribution >= 4 is 27.7 Å². The Bertz CT molecular complexity index is 597. The Kier molecular flexibility index (Phi) is 4.12. The Morgan fingerprint density at radius 2 is 1.95 bits per heavy atom. The van der Waals surface area contributed by atoms with Crippen LogP contribution in [0.2, 0.25) is 0 Å². The molecule has 4 atom stereocenters. The van der Waals surface area contributed by atoms with Crippen molar-refractivity contribution in [3.05, 3.63) is 34.3 Å². The first-order valence-electron chi connectivity index (χ1n) is 7.57. The standard InChI is InChI=1S/C17H19BrO4/c1-22-16(20)17(21)9-13(10-5-7-11(18)8-6-10)12-3-2-4-14(17)15(12)19/h5-8,12-14,21H,2-4,9H2,1H3/t12-,13-,14-,17-/m0/s1. The number of Topliss-reactive ketones (excluding diaryl/α,β-unsaturated/α-hetero) is 1. The molecule has 2 fully saturated rings. The number of benzene rings is 1. The summed E-state index contributed by atoms with van der Waals surface area (Å²) in [6.45, 7) is 0. The van der Waals surface area contributed by atoms with Crippen LogP contribution in [0.3, 0.4) is 0 Å². The molecule has 1 N–H and O–H groups in total. The Hall–Kier alpha value is -1.20. The lowest BCUT2D eigenvalue weighted by molar-refractivity contribution is -0.182. The average Bonchev–Trinajstić information content (AvgIpc) is 2.51. The van der Waals surface area contributed by atoms with Crippen LogP contribution in [0, 0.1) is 11.8 Å². The van der Waals surface area contributed by atoms with Gasteiger partial charge in [0.05, 0.1) is 13.0 Å². The molecule has 2 aliphatic rings. The summed E-state index contributed by atoms with van der Waals surface area (Å²) < 4.78 is 5.75. The fourth-order valence-corrected chi connectivity index (χ4v) is 4.30. The van der Waals surface area contributed by atoms with Crippen LogP contribution in [-0.4, -0.2) is 29.6 Å². The van der Waals surface area contributed by atoms with E-state index in [1.54, 1.807) is 0 Å². The summed E-state index contributed by atoms with van der Waals surface area (Å²) in [7, 11) is 1.26. The number of esters is 1. The molecule has 3 rings (SSSR count). The van der Waals surface area contributed by atoms with E-state index >= 15 is 0 Å². The van der Waals surface area contributed by atoms with Crippen molar-refractivity contribution in [1.82, 2.24) is 0 Å². The third-order valence-corrected chi connectivity index (χ3v) is 5.68. The number of halogens is 1. The number of hydrogen-bond acceptors (Lipinski definition) is 4. The molecule has 0 saturated heterocycles. The van der Waals surface area contributed by atoms with E-state index in [-0.39, 0.29) is 24.0 Å². The number of rotatable bonds is 2. The Balaban J connectivity index is 2.01. The van der Waals surface area contributed by atoms with Crippen LogP contribution < -0.4 is 0 Å². The highest BCUT2D eigenvalue weighted by molar-refractivity contribution is 9.10. The molecule has 118 valence electrons. The van der Waals surface area contributed by atoms with Crippen molar-refractivity contribution in [1.29, 1.82) is 0 Å². The molecule has 1 aromatic carbocycles. The van der Waals surface area contributed by atoms with Gasteiger partial charge in [-0.05, 0) is 42.9 Å². The third kappa shape index (κ3) is 2.40. The van der Waals surface area contributed by atoms with Crippen molar-refractivity contribution in [3.63, 3.8) is 0 Å². The van der Waals surface area contributed by atoms with Crippen molar-refractivity contribution in [3.8, 4) is 0 Å². The molecule has 2 saturated carbocycles. The van der Waals surface area contributed by atoms with Gasteiger partial charge in [-0.15, -0.1) is 0 Å². The quantitative estimate of drug-likeness (QED) is 0.817. The first-order chi connectivity index (χ1) is 10.5. The van der Waals surface area contributed by atoms with E-state index in [2.05, 4.69) is 15.9 Å². The van der Waals surface area contributed by atoms with Gasteiger partial charge in [0.1, 0.15) is 5.78 Å². The Labute approximate surface area is 138 Å². The van der Waals surface area contributed by atoms with E-state index in [0.717, 1.165) is 22.9 Å². The Morgan fingerprint density at radius 3 is 2.59 bits per heavy atom. The van der Waals surface area contributed by atoms with E-state index < -0.39 is 17.5 Å². The minimum Gasteiger partial charge on any atom is -0.467 e. The topological polar surface area (TPSA) is 63.6 Å². The lowest BCUT2D eigenvalue weighted by Crippen LogP contribution is -2.58. The second kappa shape index (κ2) is 5.78. The van der Waals surface area contributed by atoms with E-state index in [9.17, 15) is 14.7 Å². The number of carbonyl (C=O) groups excluding carboxylic acids is 2. The van der Waals surface area contributed by atoms with Crippen molar-refractivity contribution in [2.75, 3.05) is 7.11 Å². The van der Waals surface area contributed by atoms with Gasteiger partial charge in [-0.1, -0.05) is 34.5 Å². The second-order valence-electron chi connectivity index (χ2n) is 6.27. The molecule has 0 aliphatic heterocycles. The van der Waals surface area contributed by atoms with Crippen molar-refractivity contribution in [2.24, 2.45) is 11.8 Å². The molecular weight excluding hydrogens is 348 g/mol. The summed E-state index contributed by atoms with van der Waals surface area (Å²) >= 11 is 3.40. The minimum absolute atomic E-state index is 0.0123. The molecular formula is C17H19BrO4. The fourth-order valence-electron chi connectivity index (χ4n) is 4.04. The first kappa shape index (κ1) is 15.7. The smallest absolute Gasteiger partial charge is 0.338 e. The van der Waals surface area contributed by atoms with Crippen molar-refractivity contribution < 1.29 is 19.4 Å². The molecule has 5 heteroatoms. The molecule has 2 bridgehead atoms. The summed E-state index contributed by atoms with van der Waals surface area (Å²) in [6, 6.07) is 7.75. The Morgan fingerprint density at radius 1 is 1.27 bits per heavy atom. The molecule has 0 spiro atoms. The van der Waals surface area contributed by atoms with Gasteiger partial charge < -0.3 is 9.84 Å². The molecule has 4 nitrogen and oxygen atoms in total. The maximum Gasteiger partial charge on any atom is 0.338 e. The monoisotopic (exact) mass is 366 g/mol. The zero-order valence-corrected chi connectivity index (χ0v) is 14.0. The molecule has 1 aromatic rings. The molecule has 22 heavy (non-hydrogen) atoms. The predicted molar refractivity (Wildman–Crippen MR) is 84.3 cm³/mol. The van der Waals surface area contributed by atoms with Crippen LogP contribution in [0.15, 0.2) is 28.7 Å². The summed E-state index contributed by atoms with van der Waals surface area (Å²) in [6.07, 6.45) is 2.50. The highest BCUT2D eigenvalue weighted by atomic mass is 79.9. The van der Waals surface area contributed by atoms with Gasteiger partial charge in [0.15, 0.2) is 5.60 Å². The fraction of sp³-hybridized carbons (Fsp3) is 0.529. The number of carbonyl (C=O) groups is 2. The van der Waals surface area contributed by atoms with Crippen LogP contribution in [0.1, 0.15) is 37.2 Å². The molecule has 0 heterocycles. The molecule has 0 aromatic heterocycles. The normalized spacial score (nSPS) is 34.3. The van der Waals surface area contributed by atoms with E-state index in [1.807, 2.05) is 24.3 Å². The maximum atomic E-state index is 12.7. The second-order valence-corrected chi connectivity index (χ2v) is 7.19. The van der Waals surface area contributed by atoms with Gasteiger partial charge in [-0.3, -0.25) is 4.79 Å². The molecule has 0 radical (unpaired) electrons. The lowest BCUT2D eigenvalue weighted by Gasteiger charge is -2.47. The predicted octanol–water partition coefficient (Wildman–Crippen LogP) is 2.83. The van der Waals surface area contributed by atoms with Crippen LogP contribution in [0.4, 0.5) is 0 Å². The van der Waals surface area contributed by atoms with Crippen LogP contribution >= 0.6 is 15.9 Å². The summed E-state index contributed by atoms with van der Waals surface area (Å²) in [5.74, 6) is -1.54. The summed E-state index contributed by atoms with van der Waals surface area (Å²) in [5.41, 5.74) is -0.704. The van der Waals surface area contributed by atoms with Crippen LogP contribution in [-0.2, 0) is 14.3 Å². The number of ketones is 1. The highest BCUT2D eigenvalue weighted by Crippen LogP contribution is 2.50. The minimum atomic E-state index is -1.69. The van der Waals surface area contributed by atoms with Gasteiger partial charge in [0.25, 0.3) is 0 Å². The highest BCUT2D eigenvalue weighted by Gasteiger charge is 2.58. The van der Waals surface area contributed by atoms with E-state index in [4.69, 9.17) is 4.74 Å². The third-order valence-electron chi connectivity index (χ3n) is 5.15. The van der Waals surface area contributed by atoms with E-state index in [1.165, 1.54) is 7.11 Å². The average molecular weight is 367 g/mol. The first-order valence-corrected chi connectivity index (χ1v) is 8.36. The van der Waals surface area contributed by atoms with Crippen LogP contribution in [0.25, 0.3) is 0 Å². The van der Waals surface area contributed by atoms with Gasteiger partial charge in [-0.25, -0.2) is 4.79 Å². The summed E-state index contributed by atoms with van der Waals surface area (Å²) in [4.78, 5) is 24.9.